The molecule has 9 heteroatoms. The van der Waals surface area contributed by atoms with E-state index >= 15 is 0 Å². The van der Waals surface area contributed by atoms with Crippen molar-refractivity contribution < 1.29 is 23.9 Å². The largest absolute Gasteiger partial charge is 0.446 e. The second kappa shape index (κ2) is 9.71. The maximum Gasteiger partial charge on any atom is 0.294 e. The molecule has 2 aliphatic rings. The number of ether oxygens (including phenoxy) is 2. The van der Waals surface area contributed by atoms with Gasteiger partial charge in [-0.25, -0.2) is 0 Å². The Kier molecular flexibility index (Phi) is 7.04. The molecule has 30 heavy (non-hydrogen) atoms. The summed E-state index contributed by atoms with van der Waals surface area (Å²) in [5.74, 6) is -0.461. The molecular formula is C21H25N3O5S. The number of rotatable bonds is 9. The number of hydrogen-bond donors (Lipinski definition) is 0. The molecule has 0 aromatic heterocycles. The second-order valence-corrected chi connectivity index (χ2v) is 7.34. The minimum absolute atomic E-state index is 0.0542. The molecule has 0 aliphatic carbocycles. The van der Waals surface area contributed by atoms with Gasteiger partial charge < -0.3 is 9.47 Å². The Hall–Kier alpha value is -2.94. The molecule has 160 valence electrons. The highest BCUT2D eigenvalue weighted by atomic mass is 32.1. The first-order valence-corrected chi connectivity index (χ1v) is 10.5. The Bertz CT molecular complexity index is 853. The minimum Gasteiger partial charge on any atom is -0.446 e. The van der Waals surface area contributed by atoms with E-state index in [1.165, 1.54) is 14.7 Å². The fraction of sp³-hybridized carbons (Fsp3) is 0.429. The van der Waals surface area contributed by atoms with Gasteiger partial charge in [0.1, 0.15) is 0 Å². The first-order chi connectivity index (χ1) is 14.5. The molecule has 0 spiro atoms. The summed E-state index contributed by atoms with van der Waals surface area (Å²) in [4.78, 5) is 41.9. The quantitative estimate of drug-likeness (QED) is 0.257. The molecule has 2 heterocycles. The predicted octanol–water partition coefficient (Wildman–Crippen LogP) is 2.78. The number of amides is 2. The van der Waals surface area contributed by atoms with Crippen LogP contribution in [0.1, 0.15) is 39.5 Å². The van der Waals surface area contributed by atoms with Crippen LogP contribution in [0.4, 0.5) is 5.69 Å². The SMILES string of the molecule is CCCCN1C(=O)C(=C2Oc3ccccc3N2COC=O)C(=O)N(CCCC)C1=S. The van der Waals surface area contributed by atoms with Crippen LogP contribution in [0.5, 0.6) is 5.75 Å². The summed E-state index contributed by atoms with van der Waals surface area (Å²) in [6, 6.07) is 7.07. The van der Waals surface area contributed by atoms with E-state index in [1.54, 1.807) is 24.3 Å². The van der Waals surface area contributed by atoms with Gasteiger partial charge in [-0.15, -0.1) is 0 Å². The van der Waals surface area contributed by atoms with Crippen LogP contribution >= 0.6 is 12.2 Å². The molecule has 0 N–H and O–H groups in total. The van der Waals surface area contributed by atoms with Gasteiger partial charge in [-0.1, -0.05) is 38.8 Å². The van der Waals surface area contributed by atoms with Crippen molar-refractivity contribution in [2.45, 2.75) is 39.5 Å². The average Bonchev–Trinajstić information content (AvgIpc) is 3.10. The van der Waals surface area contributed by atoms with E-state index in [0.29, 0.717) is 31.0 Å². The van der Waals surface area contributed by atoms with Crippen LogP contribution in [0.3, 0.4) is 0 Å². The zero-order valence-corrected chi connectivity index (χ0v) is 17.9. The predicted molar refractivity (Wildman–Crippen MR) is 114 cm³/mol. The van der Waals surface area contributed by atoms with Crippen molar-refractivity contribution in [2.75, 3.05) is 24.7 Å². The molecule has 1 fully saturated rings. The minimum atomic E-state index is -0.495. The summed E-state index contributed by atoms with van der Waals surface area (Å²) in [6.45, 7) is 4.99. The fourth-order valence-corrected chi connectivity index (χ4v) is 3.69. The number of fused-ring (bicyclic) bond motifs is 1. The number of para-hydroxylation sites is 2. The van der Waals surface area contributed by atoms with Crippen LogP contribution < -0.4 is 9.64 Å². The Morgan fingerprint density at radius 2 is 1.60 bits per heavy atom. The van der Waals surface area contributed by atoms with Gasteiger partial charge in [0.15, 0.2) is 23.2 Å². The van der Waals surface area contributed by atoms with Crippen molar-refractivity contribution in [1.82, 2.24) is 9.80 Å². The maximum atomic E-state index is 13.3. The fourth-order valence-electron chi connectivity index (χ4n) is 3.34. The molecule has 1 saturated heterocycles. The van der Waals surface area contributed by atoms with Crippen molar-refractivity contribution >= 4 is 41.3 Å². The molecule has 0 unspecified atom stereocenters. The third kappa shape index (κ3) is 4.02. The van der Waals surface area contributed by atoms with Crippen molar-refractivity contribution in [3.63, 3.8) is 0 Å². The molecule has 0 saturated carbocycles. The molecular weight excluding hydrogens is 406 g/mol. The van der Waals surface area contributed by atoms with Gasteiger partial charge in [0.2, 0.25) is 5.88 Å². The van der Waals surface area contributed by atoms with E-state index in [0.717, 1.165) is 25.7 Å². The van der Waals surface area contributed by atoms with E-state index in [2.05, 4.69) is 0 Å². The lowest BCUT2D eigenvalue weighted by molar-refractivity contribution is -0.134. The second-order valence-electron chi connectivity index (χ2n) is 6.97. The van der Waals surface area contributed by atoms with Crippen molar-refractivity contribution in [1.29, 1.82) is 0 Å². The van der Waals surface area contributed by atoms with E-state index < -0.39 is 11.8 Å². The van der Waals surface area contributed by atoms with Crippen LogP contribution in [-0.4, -0.2) is 53.0 Å². The van der Waals surface area contributed by atoms with Gasteiger partial charge in [-0.3, -0.25) is 29.1 Å². The number of anilines is 1. The molecule has 0 radical (unpaired) electrons. The number of carbonyl (C=O) groups is 3. The van der Waals surface area contributed by atoms with Crippen LogP contribution in [0.2, 0.25) is 0 Å². The molecule has 8 nitrogen and oxygen atoms in total. The standard InChI is InChI=1S/C21H25N3O5S/c1-3-5-11-22-18(26)17(19(27)23(21(22)30)12-6-4-2)20-24(13-28-14-25)15-9-7-8-10-16(15)29-20/h7-10,14H,3-6,11-13H2,1-2H3. The molecule has 2 amide bonds. The smallest absolute Gasteiger partial charge is 0.294 e. The van der Waals surface area contributed by atoms with Crippen molar-refractivity contribution in [3.05, 3.63) is 35.7 Å². The molecule has 1 aromatic rings. The topological polar surface area (TPSA) is 79.4 Å². The normalized spacial score (nSPS) is 16.2. The number of thiocarbonyl (C=S) groups is 1. The molecule has 0 atom stereocenters. The van der Waals surface area contributed by atoms with Crippen LogP contribution in [0.15, 0.2) is 35.7 Å². The van der Waals surface area contributed by atoms with Gasteiger partial charge in [-0.05, 0) is 37.2 Å². The van der Waals surface area contributed by atoms with E-state index in [1.807, 2.05) is 13.8 Å². The van der Waals surface area contributed by atoms with Crippen LogP contribution in [-0.2, 0) is 19.1 Å². The Balaban J connectivity index is 2.08. The number of nitrogens with zero attached hydrogens (tertiary/aromatic N) is 3. The summed E-state index contributed by atoms with van der Waals surface area (Å²) in [5.41, 5.74) is 0.498. The number of unbranched alkanes of at least 4 members (excludes halogenated alkanes) is 2. The first-order valence-electron chi connectivity index (χ1n) is 10.1. The highest BCUT2D eigenvalue weighted by molar-refractivity contribution is 7.80. The van der Waals surface area contributed by atoms with Gasteiger partial charge in [0.05, 0.1) is 5.69 Å². The van der Waals surface area contributed by atoms with Crippen molar-refractivity contribution in [3.8, 4) is 5.75 Å². The van der Waals surface area contributed by atoms with Crippen molar-refractivity contribution in [2.24, 2.45) is 0 Å². The third-order valence-electron chi connectivity index (χ3n) is 4.94. The molecule has 0 bridgehead atoms. The van der Waals surface area contributed by atoms with Gasteiger partial charge in [0.25, 0.3) is 18.3 Å². The summed E-state index contributed by atoms with van der Waals surface area (Å²) >= 11 is 5.49. The van der Waals surface area contributed by atoms with Crippen LogP contribution in [0.25, 0.3) is 0 Å². The van der Waals surface area contributed by atoms with Crippen LogP contribution in [0, 0.1) is 0 Å². The maximum absolute atomic E-state index is 13.3. The van der Waals surface area contributed by atoms with Gasteiger partial charge in [-0.2, -0.15) is 0 Å². The Labute approximate surface area is 181 Å². The van der Waals surface area contributed by atoms with E-state index in [4.69, 9.17) is 21.7 Å². The van der Waals surface area contributed by atoms with Gasteiger partial charge in [0, 0.05) is 13.1 Å². The summed E-state index contributed by atoms with van der Waals surface area (Å²) in [5, 5.41) is 0.224. The van der Waals surface area contributed by atoms with Gasteiger partial charge >= 0.3 is 0 Å². The number of hydrogen-bond acceptors (Lipinski definition) is 7. The number of carbonyl (C=O) groups excluding carboxylic acids is 3. The number of benzene rings is 1. The summed E-state index contributed by atoms with van der Waals surface area (Å²) in [7, 11) is 0. The van der Waals surface area contributed by atoms with E-state index in [-0.39, 0.29) is 23.3 Å². The first kappa shape index (κ1) is 21.8. The zero-order valence-electron chi connectivity index (χ0n) is 17.1. The zero-order chi connectivity index (χ0) is 21.7. The lowest BCUT2D eigenvalue weighted by Crippen LogP contribution is -2.57. The molecule has 2 aliphatic heterocycles. The monoisotopic (exact) mass is 431 g/mol. The third-order valence-corrected chi connectivity index (χ3v) is 5.38. The lowest BCUT2D eigenvalue weighted by Gasteiger charge is -2.37. The average molecular weight is 432 g/mol. The molecule has 1 aromatic carbocycles. The molecule has 3 rings (SSSR count). The highest BCUT2D eigenvalue weighted by Gasteiger charge is 2.44. The Morgan fingerprint density at radius 1 is 1.00 bits per heavy atom. The summed E-state index contributed by atoms with van der Waals surface area (Å²) in [6.07, 6.45) is 3.26. The lowest BCUT2D eigenvalue weighted by atomic mass is 10.1. The van der Waals surface area contributed by atoms with E-state index in [9.17, 15) is 14.4 Å². The summed E-state index contributed by atoms with van der Waals surface area (Å²) < 4.78 is 10.8. The highest BCUT2D eigenvalue weighted by Crippen LogP contribution is 2.40. The Morgan fingerprint density at radius 3 is 2.17 bits per heavy atom.